The highest BCUT2D eigenvalue weighted by Gasteiger charge is 2.30. The van der Waals surface area contributed by atoms with Crippen LogP contribution in [0.4, 0.5) is 8.78 Å². The van der Waals surface area contributed by atoms with Crippen LogP contribution in [-0.4, -0.2) is 30.5 Å². The van der Waals surface area contributed by atoms with E-state index >= 15 is 0 Å². The van der Waals surface area contributed by atoms with Gasteiger partial charge < -0.3 is 5.11 Å². The van der Waals surface area contributed by atoms with Crippen LogP contribution >= 0.6 is 0 Å². The van der Waals surface area contributed by atoms with Crippen LogP contribution in [0.5, 0.6) is 0 Å². The lowest BCUT2D eigenvalue weighted by Crippen LogP contribution is -2.30. The molecule has 0 fully saturated rings. The van der Waals surface area contributed by atoms with Crippen LogP contribution in [0.3, 0.4) is 0 Å². The zero-order valence-electron chi connectivity index (χ0n) is 11.7. The van der Waals surface area contributed by atoms with E-state index in [9.17, 15) is 18.4 Å². The highest BCUT2D eigenvalue weighted by molar-refractivity contribution is 5.66. The molecule has 2 aromatic heterocycles. The number of aliphatic carboxylic acids is 1. The molecule has 0 aliphatic heterocycles. The largest absolute Gasteiger partial charge is 0.480 e. The van der Waals surface area contributed by atoms with E-state index in [1.807, 2.05) is 0 Å². The second-order valence-corrected chi connectivity index (χ2v) is 5.08. The first-order chi connectivity index (χ1) is 9.61. The summed E-state index contributed by atoms with van der Waals surface area (Å²) >= 11 is 0. The Labute approximate surface area is 117 Å². The van der Waals surface area contributed by atoms with Crippen molar-refractivity contribution in [2.45, 2.75) is 39.2 Å². The standard InChI is InChI=1S/C12H14F2N4O3/c1-6(2)10-16-17(5-9(19)20)11(21)7-4-8(12(3,13)14)15-18(7)10/h4,6H,5H2,1-3H3,(H,19,20). The number of nitrogens with zero attached hydrogens (tertiary/aromatic N) is 4. The molecule has 1 N–H and O–H groups in total. The number of rotatable bonds is 4. The molecule has 0 saturated heterocycles. The quantitative estimate of drug-likeness (QED) is 0.916. The molecule has 0 saturated carbocycles. The van der Waals surface area contributed by atoms with Crippen LogP contribution in [0.1, 0.15) is 38.2 Å². The van der Waals surface area contributed by atoms with Crippen LogP contribution in [0.2, 0.25) is 0 Å². The molecule has 0 aliphatic carbocycles. The Balaban J connectivity index is 2.80. The number of hydrogen-bond acceptors (Lipinski definition) is 4. The third-order valence-electron chi connectivity index (χ3n) is 2.85. The van der Waals surface area contributed by atoms with Crippen molar-refractivity contribution in [1.82, 2.24) is 19.4 Å². The van der Waals surface area contributed by atoms with Crippen molar-refractivity contribution >= 4 is 11.5 Å². The molecule has 0 amide bonds. The normalized spacial score (nSPS) is 12.3. The summed E-state index contributed by atoms with van der Waals surface area (Å²) in [4.78, 5) is 22.9. The Morgan fingerprint density at radius 3 is 2.52 bits per heavy atom. The van der Waals surface area contributed by atoms with Gasteiger partial charge in [0.1, 0.15) is 17.8 Å². The predicted molar refractivity (Wildman–Crippen MR) is 68.5 cm³/mol. The SMILES string of the molecule is CC(C)c1nn(CC(=O)O)c(=O)c2cc(C(C)(F)F)nn12. The van der Waals surface area contributed by atoms with Gasteiger partial charge >= 0.3 is 5.97 Å². The van der Waals surface area contributed by atoms with Gasteiger partial charge in [-0.15, -0.1) is 0 Å². The van der Waals surface area contributed by atoms with E-state index in [4.69, 9.17) is 5.11 Å². The summed E-state index contributed by atoms with van der Waals surface area (Å²) in [5.41, 5.74) is -1.45. The maximum atomic E-state index is 13.4. The topological polar surface area (TPSA) is 89.5 Å². The number of fused-ring (bicyclic) bond motifs is 1. The van der Waals surface area contributed by atoms with Crippen LogP contribution in [0.25, 0.3) is 5.52 Å². The van der Waals surface area contributed by atoms with Gasteiger partial charge in [-0.3, -0.25) is 9.59 Å². The van der Waals surface area contributed by atoms with Crippen LogP contribution in [0, 0.1) is 0 Å². The Bertz CT molecular complexity index is 758. The monoisotopic (exact) mass is 300 g/mol. The highest BCUT2D eigenvalue weighted by atomic mass is 19.3. The van der Waals surface area contributed by atoms with Gasteiger partial charge in [0, 0.05) is 12.8 Å². The molecular weight excluding hydrogens is 286 g/mol. The van der Waals surface area contributed by atoms with Crippen molar-refractivity contribution in [2.75, 3.05) is 0 Å². The van der Waals surface area contributed by atoms with Crippen molar-refractivity contribution in [1.29, 1.82) is 0 Å². The molecular formula is C12H14F2N4O3. The van der Waals surface area contributed by atoms with Gasteiger partial charge in [0.25, 0.3) is 11.5 Å². The van der Waals surface area contributed by atoms with Crippen molar-refractivity contribution in [3.63, 3.8) is 0 Å². The van der Waals surface area contributed by atoms with Gasteiger partial charge in [-0.1, -0.05) is 13.8 Å². The van der Waals surface area contributed by atoms with Gasteiger partial charge in [0.05, 0.1) is 0 Å². The molecule has 0 unspecified atom stereocenters. The first-order valence-electron chi connectivity index (χ1n) is 6.22. The second kappa shape index (κ2) is 4.90. The molecule has 114 valence electrons. The first kappa shape index (κ1) is 15.1. The fourth-order valence-corrected chi connectivity index (χ4v) is 1.86. The van der Waals surface area contributed by atoms with E-state index < -0.39 is 29.7 Å². The van der Waals surface area contributed by atoms with E-state index in [2.05, 4.69) is 10.2 Å². The molecule has 0 aliphatic rings. The number of carbonyl (C=O) groups is 1. The Morgan fingerprint density at radius 2 is 2.05 bits per heavy atom. The zero-order chi connectivity index (χ0) is 15.9. The molecule has 2 aromatic rings. The molecule has 2 heterocycles. The molecule has 0 spiro atoms. The molecule has 2 rings (SSSR count). The number of halogens is 2. The maximum absolute atomic E-state index is 13.4. The number of aromatic nitrogens is 4. The average molecular weight is 300 g/mol. The summed E-state index contributed by atoms with van der Waals surface area (Å²) in [6.07, 6.45) is 0. The summed E-state index contributed by atoms with van der Waals surface area (Å²) in [5.74, 6) is -4.44. The minimum absolute atomic E-state index is 0.119. The third kappa shape index (κ3) is 2.76. The van der Waals surface area contributed by atoms with E-state index in [1.165, 1.54) is 0 Å². The highest BCUT2D eigenvalue weighted by Crippen LogP contribution is 2.26. The summed E-state index contributed by atoms with van der Waals surface area (Å²) < 4.78 is 28.5. The molecule has 7 nitrogen and oxygen atoms in total. The first-order valence-corrected chi connectivity index (χ1v) is 6.22. The van der Waals surface area contributed by atoms with E-state index in [0.717, 1.165) is 15.3 Å². The number of hydrogen-bond donors (Lipinski definition) is 1. The van der Waals surface area contributed by atoms with Gasteiger partial charge in [-0.05, 0) is 6.07 Å². The lowest BCUT2D eigenvalue weighted by Gasteiger charge is -2.10. The van der Waals surface area contributed by atoms with E-state index in [0.29, 0.717) is 6.92 Å². The fourth-order valence-electron chi connectivity index (χ4n) is 1.86. The van der Waals surface area contributed by atoms with Crippen LogP contribution < -0.4 is 5.56 Å². The van der Waals surface area contributed by atoms with Crippen molar-refractivity contribution < 1.29 is 18.7 Å². The summed E-state index contributed by atoms with van der Waals surface area (Å²) in [7, 11) is 0. The molecule has 9 heteroatoms. The van der Waals surface area contributed by atoms with Gasteiger partial charge in [0.2, 0.25) is 0 Å². The number of carboxylic acids is 1. The average Bonchev–Trinajstić information content (AvgIpc) is 2.76. The summed E-state index contributed by atoms with van der Waals surface area (Å²) in [5, 5.41) is 16.4. The second-order valence-electron chi connectivity index (χ2n) is 5.08. The van der Waals surface area contributed by atoms with Crippen LogP contribution in [-0.2, 0) is 17.3 Å². The molecule has 21 heavy (non-hydrogen) atoms. The minimum Gasteiger partial charge on any atom is -0.480 e. The van der Waals surface area contributed by atoms with Crippen molar-refractivity contribution in [3.05, 3.63) is 27.9 Å². The minimum atomic E-state index is -3.20. The zero-order valence-corrected chi connectivity index (χ0v) is 11.7. The Morgan fingerprint density at radius 1 is 1.43 bits per heavy atom. The molecule has 0 aromatic carbocycles. The molecule has 0 atom stereocenters. The van der Waals surface area contributed by atoms with Crippen molar-refractivity contribution in [2.24, 2.45) is 0 Å². The van der Waals surface area contributed by atoms with E-state index in [1.54, 1.807) is 13.8 Å². The lowest BCUT2D eigenvalue weighted by molar-refractivity contribution is -0.138. The smallest absolute Gasteiger partial charge is 0.325 e. The summed E-state index contributed by atoms with van der Waals surface area (Å²) in [6, 6.07) is 0.967. The van der Waals surface area contributed by atoms with Gasteiger partial charge in [-0.25, -0.2) is 9.20 Å². The lowest BCUT2D eigenvalue weighted by atomic mass is 10.2. The third-order valence-corrected chi connectivity index (χ3v) is 2.85. The van der Waals surface area contributed by atoms with Crippen LogP contribution in [0.15, 0.2) is 10.9 Å². The van der Waals surface area contributed by atoms with E-state index in [-0.39, 0.29) is 17.3 Å². The fraction of sp³-hybridized carbons (Fsp3) is 0.500. The number of carboxylic acid groups (broad SMARTS) is 1. The number of alkyl halides is 2. The Hall–Kier alpha value is -2.32. The molecule has 0 radical (unpaired) electrons. The van der Waals surface area contributed by atoms with Gasteiger partial charge in [-0.2, -0.15) is 19.0 Å². The summed E-state index contributed by atoms with van der Waals surface area (Å²) in [6.45, 7) is 3.51. The van der Waals surface area contributed by atoms with Crippen molar-refractivity contribution in [3.8, 4) is 0 Å². The van der Waals surface area contributed by atoms with Gasteiger partial charge in [0.15, 0.2) is 5.82 Å². The molecule has 0 bridgehead atoms. The Kier molecular flexibility index (Phi) is 3.52. The predicted octanol–water partition coefficient (Wildman–Crippen LogP) is 1.21. The maximum Gasteiger partial charge on any atom is 0.325 e.